The molecule has 3 nitrogen and oxygen atoms in total. The van der Waals surface area contributed by atoms with E-state index in [1.54, 1.807) is 0 Å². The Hall–Kier alpha value is -1.20. The second kappa shape index (κ2) is 5.42. The lowest BCUT2D eigenvalue weighted by atomic mass is 10.3. The van der Waals surface area contributed by atoms with Crippen LogP contribution in [0.1, 0.15) is 17.5 Å². The Kier molecular flexibility index (Phi) is 3.91. The number of anilines is 1. The molecule has 0 amide bonds. The van der Waals surface area contributed by atoms with E-state index in [4.69, 9.17) is 11.6 Å². The fourth-order valence-corrected chi connectivity index (χ4v) is 2.42. The molecule has 6 heteroatoms. The van der Waals surface area contributed by atoms with Crippen molar-refractivity contribution in [3.8, 4) is 0 Å². The van der Waals surface area contributed by atoms with E-state index in [2.05, 4.69) is 15.3 Å². The highest BCUT2D eigenvalue weighted by molar-refractivity contribution is 7.16. The molecular formula is C11H11ClFN3S. The van der Waals surface area contributed by atoms with Crippen LogP contribution in [0.5, 0.6) is 0 Å². The van der Waals surface area contributed by atoms with Crippen molar-refractivity contribution < 1.29 is 4.39 Å². The topological polar surface area (TPSA) is 37.8 Å². The summed E-state index contributed by atoms with van der Waals surface area (Å²) in [6, 6.07) is 3.72. The first-order valence-electron chi connectivity index (χ1n) is 5.18. The van der Waals surface area contributed by atoms with Crippen LogP contribution in [0.3, 0.4) is 0 Å². The molecule has 2 heterocycles. The molecule has 2 rings (SSSR count). The van der Waals surface area contributed by atoms with Crippen LogP contribution in [0, 0.1) is 5.82 Å². The number of aromatic nitrogens is 2. The van der Waals surface area contributed by atoms with E-state index in [9.17, 15) is 4.39 Å². The monoisotopic (exact) mass is 271 g/mol. The Balaban J connectivity index is 2.09. The predicted octanol–water partition coefficient (Wildman–Crippen LogP) is 3.51. The molecule has 17 heavy (non-hydrogen) atoms. The van der Waals surface area contributed by atoms with Gasteiger partial charge in [-0.05, 0) is 18.6 Å². The van der Waals surface area contributed by atoms with Gasteiger partial charge in [0, 0.05) is 4.88 Å². The van der Waals surface area contributed by atoms with Crippen molar-refractivity contribution in [1.82, 2.24) is 9.97 Å². The third kappa shape index (κ3) is 2.92. The molecule has 1 N–H and O–H groups in total. The highest BCUT2D eigenvalue weighted by Crippen LogP contribution is 2.22. The van der Waals surface area contributed by atoms with Crippen molar-refractivity contribution in [3.05, 3.63) is 39.2 Å². The van der Waals surface area contributed by atoms with E-state index < -0.39 is 0 Å². The molecule has 2 aromatic rings. The Morgan fingerprint density at radius 1 is 1.41 bits per heavy atom. The molecule has 0 aromatic carbocycles. The minimum Gasteiger partial charge on any atom is -0.363 e. The fraction of sp³-hybridized carbons (Fsp3) is 0.273. The minimum atomic E-state index is -0.377. The lowest BCUT2D eigenvalue weighted by Crippen LogP contribution is -2.05. The van der Waals surface area contributed by atoms with Gasteiger partial charge in [-0.1, -0.05) is 18.5 Å². The van der Waals surface area contributed by atoms with Gasteiger partial charge >= 0.3 is 0 Å². The first kappa shape index (κ1) is 12.3. The largest absolute Gasteiger partial charge is 0.363 e. The third-order valence-electron chi connectivity index (χ3n) is 2.26. The van der Waals surface area contributed by atoms with Crippen molar-refractivity contribution in [3.63, 3.8) is 0 Å². The molecule has 2 aromatic heterocycles. The van der Waals surface area contributed by atoms with Gasteiger partial charge in [-0.25, -0.2) is 14.4 Å². The molecule has 0 aliphatic rings. The summed E-state index contributed by atoms with van der Waals surface area (Å²) >= 11 is 7.27. The molecule has 0 spiro atoms. The lowest BCUT2D eigenvalue weighted by molar-refractivity contribution is 0.597. The summed E-state index contributed by atoms with van der Waals surface area (Å²) in [6.45, 7) is 2.36. The highest BCUT2D eigenvalue weighted by atomic mass is 35.5. The summed E-state index contributed by atoms with van der Waals surface area (Å²) in [5.41, 5.74) is 0.423. The first-order valence-corrected chi connectivity index (χ1v) is 6.37. The fourth-order valence-electron chi connectivity index (χ4n) is 1.39. The summed E-state index contributed by atoms with van der Waals surface area (Å²) in [5.74, 6) is -0.140. The Bertz CT molecular complexity index is 515. The number of nitrogens with one attached hydrogen (secondary N) is 1. The summed E-state index contributed by atoms with van der Waals surface area (Å²) < 4.78 is 14.5. The minimum absolute atomic E-state index is 0.237. The second-order valence-electron chi connectivity index (χ2n) is 3.40. The third-order valence-corrected chi connectivity index (χ3v) is 3.49. The zero-order chi connectivity index (χ0) is 12.3. The van der Waals surface area contributed by atoms with Gasteiger partial charge in [0.1, 0.15) is 6.33 Å². The second-order valence-corrected chi connectivity index (χ2v) is 5.20. The van der Waals surface area contributed by atoms with Crippen molar-refractivity contribution >= 4 is 28.8 Å². The maximum atomic E-state index is 13.8. The van der Waals surface area contributed by atoms with E-state index >= 15 is 0 Å². The average Bonchev–Trinajstić information content (AvgIpc) is 2.74. The van der Waals surface area contributed by atoms with E-state index in [1.807, 2.05) is 19.1 Å². The summed E-state index contributed by atoms with van der Waals surface area (Å²) in [6.07, 6.45) is 1.92. The maximum absolute atomic E-state index is 13.8. The number of hydrogen-bond donors (Lipinski definition) is 1. The molecule has 0 saturated heterocycles. The first-order chi connectivity index (χ1) is 8.20. The number of aryl methyl sites for hydroxylation is 1. The van der Waals surface area contributed by atoms with E-state index in [0.29, 0.717) is 18.7 Å². The number of nitrogens with zero attached hydrogens (tertiary/aromatic N) is 2. The Morgan fingerprint density at radius 3 is 2.88 bits per heavy atom. The van der Waals surface area contributed by atoms with Crippen LogP contribution in [0.4, 0.5) is 10.2 Å². The van der Waals surface area contributed by atoms with Gasteiger partial charge < -0.3 is 5.32 Å². The van der Waals surface area contributed by atoms with Crippen LogP contribution in [0.25, 0.3) is 0 Å². The number of thiophene rings is 1. The van der Waals surface area contributed by atoms with Crippen molar-refractivity contribution in [2.24, 2.45) is 0 Å². The molecular weight excluding hydrogens is 261 g/mol. The van der Waals surface area contributed by atoms with Gasteiger partial charge in [-0.15, -0.1) is 11.3 Å². The molecule has 0 fully saturated rings. The quantitative estimate of drug-likeness (QED) is 0.925. The van der Waals surface area contributed by atoms with E-state index in [0.717, 1.165) is 9.21 Å². The molecule has 0 bridgehead atoms. The number of halogens is 2. The zero-order valence-electron chi connectivity index (χ0n) is 9.20. The summed E-state index contributed by atoms with van der Waals surface area (Å²) in [7, 11) is 0. The number of hydrogen-bond acceptors (Lipinski definition) is 4. The standard InChI is InChI=1S/C11H11ClFN3S/c1-2-8-10(13)11(16-6-15-8)14-5-7-3-4-9(12)17-7/h3-4,6H,2,5H2,1H3,(H,14,15,16). The van der Waals surface area contributed by atoms with Gasteiger partial charge in [0.05, 0.1) is 16.6 Å². The van der Waals surface area contributed by atoms with Crippen molar-refractivity contribution in [2.45, 2.75) is 19.9 Å². The molecule has 0 radical (unpaired) electrons. The zero-order valence-corrected chi connectivity index (χ0v) is 10.8. The molecule has 0 saturated carbocycles. The molecule has 0 atom stereocenters. The van der Waals surface area contributed by atoms with Gasteiger partial charge in [0.2, 0.25) is 0 Å². The number of rotatable bonds is 4. The maximum Gasteiger partial charge on any atom is 0.186 e. The summed E-state index contributed by atoms with van der Waals surface area (Å²) in [5, 5.41) is 2.94. The Morgan fingerprint density at radius 2 is 2.24 bits per heavy atom. The highest BCUT2D eigenvalue weighted by Gasteiger charge is 2.09. The van der Waals surface area contributed by atoms with Crippen LogP contribution in [-0.2, 0) is 13.0 Å². The Labute approximate surface area is 108 Å². The van der Waals surface area contributed by atoms with Crippen LogP contribution >= 0.6 is 22.9 Å². The van der Waals surface area contributed by atoms with Gasteiger partial charge in [-0.2, -0.15) is 0 Å². The van der Waals surface area contributed by atoms with Gasteiger partial charge in [0.25, 0.3) is 0 Å². The molecule has 0 aliphatic carbocycles. The van der Waals surface area contributed by atoms with Crippen LogP contribution in [0.15, 0.2) is 18.5 Å². The molecule has 0 aliphatic heterocycles. The lowest BCUT2D eigenvalue weighted by Gasteiger charge is -2.06. The van der Waals surface area contributed by atoms with Crippen LogP contribution in [-0.4, -0.2) is 9.97 Å². The average molecular weight is 272 g/mol. The smallest absolute Gasteiger partial charge is 0.186 e. The van der Waals surface area contributed by atoms with Crippen LogP contribution in [0.2, 0.25) is 4.34 Å². The van der Waals surface area contributed by atoms with Crippen LogP contribution < -0.4 is 5.32 Å². The normalized spacial score (nSPS) is 10.5. The van der Waals surface area contributed by atoms with Crippen molar-refractivity contribution in [2.75, 3.05) is 5.32 Å². The predicted molar refractivity (Wildman–Crippen MR) is 68.0 cm³/mol. The van der Waals surface area contributed by atoms with Gasteiger partial charge in [0.15, 0.2) is 11.6 Å². The molecule has 90 valence electrons. The van der Waals surface area contributed by atoms with Crippen molar-refractivity contribution in [1.29, 1.82) is 0 Å². The van der Waals surface area contributed by atoms with E-state index in [-0.39, 0.29) is 11.6 Å². The molecule has 0 unspecified atom stereocenters. The SMILES string of the molecule is CCc1ncnc(NCc2ccc(Cl)s2)c1F. The van der Waals surface area contributed by atoms with E-state index in [1.165, 1.54) is 17.7 Å². The van der Waals surface area contributed by atoms with Gasteiger partial charge in [-0.3, -0.25) is 0 Å². The summed E-state index contributed by atoms with van der Waals surface area (Å²) in [4.78, 5) is 8.79.